The highest BCUT2D eigenvalue weighted by atomic mass is 35.5. The van der Waals surface area contributed by atoms with Crippen LogP contribution in [0.5, 0.6) is 23.0 Å². The smallest absolute Gasteiger partial charge is 0.271 e. The van der Waals surface area contributed by atoms with Crippen LogP contribution in [0.25, 0.3) is 0 Å². The molecule has 0 aromatic heterocycles. The number of amides is 2. The number of hydrogen-bond acceptors (Lipinski definition) is 7. The molecule has 0 bridgehead atoms. The first kappa shape index (κ1) is 30.3. The van der Waals surface area contributed by atoms with Gasteiger partial charge in [0.2, 0.25) is 0 Å². The Balaban J connectivity index is 1.64. The van der Waals surface area contributed by atoms with E-state index in [0.29, 0.717) is 46.5 Å². The third-order valence-electron chi connectivity index (χ3n) is 5.30. The maximum absolute atomic E-state index is 12.6. The van der Waals surface area contributed by atoms with E-state index in [1.807, 2.05) is 13.8 Å². The predicted octanol–water partition coefficient (Wildman–Crippen LogP) is 6.06. The number of rotatable bonds is 13. The van der Waals surface area contributed by atoms with Crippen LogP contribution in [0.15, 0.2) is 66.3 Å². The van der Waals surface area contributed by atoms with Gasteiger partial charge in [0.25, 0.3) is 11.8 Å². The van der Waals surface area contributed by atoms with Crippen LogP contribution in [0, 0.1) is 6.92 Å². The lowest BCUT2D eigenvalue weighted by molar-refractivity contribution is -0.118. The lowest BCUT2D eigenvalue weighted by Crippen LogP contribution is -2.20. The van der Waals surface area contributed by atoms with E-state index < -0.39 is 11.8 Å². The van der Waals surface area contributed by atoms with E-state index in [1.54, 1.807) is 54.6 Å². The van der Waals surface area contributed by atoms with Crippen LogP contribution in [0.3, 0.4) is 0 Å². The molecule has 3 rings (SSSR count). The first-order valence-electron chi connectivity index (χ1n) is 12.2. The van der Waals surface area contributed by atoms with Gasteiger partial charge in [0.15, 0.2) is 29.6 Å². The monoisotopic (exact) mass is 585 g/mol. The molecule has 0 saturated heterocycles. The molecule has 3 aromatic rings. The minimum atomic E-state index is -0.452. The van der Waals surface area contributed by atoms with Gasteiger partial charge in [0.05, 0.1) is 25.0 Å². The van der Waals surface area contributed by atoms with E-state index in [1.165, 1.54) is 13.3 Å². The van der Waals surface area contributed by atoms with Crippen molar-refractivity contribution < 1.29 is 28.5 Å². The lowest BCUT2D eigenvalue weighted by atomic mass is 10.2. The van der Waals surface area contributed by atoms with Crippen LogP contribution in [-0.2, 0) is 4.79 Å². The van der Waals surface area contributed by atoms with Crippen molar-refractivity contribution in [1.29, 1.82) is 0 Å². The molecule has 0 aliphatic rings. The third kappa shape index (κ3) is 8.39. The van der Waals surface area contributed by atoms with E-state index in [2.05, 4.69) is 22.4 Å². The van der Waals surface area contributed by atoms with Crippen molar-refractivity contribution in [3.05, 3.63) is 87.9 Å². The van der Waals surface area contributed by atoms with Crippen LogP contribution in [-0.4, -0.2) is 45.0 Å². The number of hydrogen-bond donors (Lipinski definition) is 2. The van der Waals surface area contributed by atoms with E-state index in [-0.39, 0.29) is 23.1 Å². The summed E-state index contributed by atoms with van der Waals surface area (Å²) in [7, 11) is 1.44. The summed E-state index contributed by atoms with van der Waals surface area (Å²) < 4.78 is 22.1. The molecule has 210 valence electrons. The molecule has 2 amide bonds. The van der Waals surface area contributed by atoms with Gasteiger partial charge in [-0.25, -0.2) is 5.43 Å². The minimum absolute atomic E-state index is 0.185. The topological polar surface area (TPSA) is 107 Å². The van der Waals surface area contributed by atoms with E-state index in [0.717, 1.165) is 5.56 Å². The zero-order chi connectivity index (χ0) is 29.1. The fourth-order valence-corrected chi connectivity index (χ4v) is 3.83. The number of aryl methyl sites for hydroxylation is 1. The molecule has 2 N–H and O–H groups in total. The van der Waals surface area contributed by atoms with Crippen LogP contribution in [0.2, 0.25) is 10.0 Å². The number of ether oxygens (including phenoxy) is 4. The van der Waals surface area contributed by atoms with E-state index in [9.17, 15) is 9.59 Å². The van der Waals surface area contributed by atoms with Crippen molar-refractivity contribution >= 4 is 46.9 Å². The summed E-state index contributed by atoms with van der Waals surface area (Å²) in [5, 5.41) is 7.45. The second-order valence-electron chi connectivity index (χ2n) is 8.23. The second kappa shape index (κ2) is 14.8. The fourth-order valence-electron chi connectivity index (χ4n) is 3.38. The van der Waals surface area contributed by atoms with Gasteiger partial charge in [-0.2, -0.15) is 5.10 Å². The highest BCUT2D eigenvalue weighted by molar-refractivity contribution is 6.32. The third-order valence-corrected chi connectivity index (χ3v) is 5.99. The zero-order valence-electron chi connectivity index (χ0n) is 22.3. The summed E-state index contributed by atoms with van der Waals surface area (Å²) in [6.07, 6.45) is 3.01. The molecule has 11 heteroatoms. The molecule has 0 aliphatic carbocycles. The average Bonchev–Trinajstić information content (AvgIpc) is 2.93. The standard InChI is InChI=1S/C29H29Cl2N3O6/c1-5-11-39-24-10-8-20(14-25(24)38-6-2)29(36)34-32-16-19-12-23(31)28(26(13-19)37-4)40-17-27(35)33-21-9-7-18(3)22(30)15-21/h5,7-10,12-16H,1,6,11,17H2,2-4H3,(H,33,35)(H,34,36)/b32-16+. The maximum Gasteiger partial charge on any atom is 0.271 e. The van der Waals surface area contributed by atoms with Gasteiger partial charge in [0.1, 0.15) is 6.61 Å². The predicted molar refractivity (Wildman–Crippen MR) is 157 cm³/mol. The van der Waals surface area contributed by atoms with Crippen molar-refractivity contribution in [1.82, 2.24) is 5.43 Å². The number of benzene rings is 3. The molecule has 0 radical (unpaired) electrons. The van der Waals surface area contributed by atoms with Crippen LogP contribution in [0.4, 0.5) is 5.69 Å². The van der Waals surface area contributed by atoms with Crippen LogP contribution in [0.1, 0.15) is 28.4 Å². The normalized spacial score (nSPS) is 10.6. The van der Waals surface area contributed by atoms with Gasteiger partial charge >= 0.3 is 0 Å². The number of methoxy groups -OCH3 is 1. The first-order chi connectivity index (χ1) is 19.2. The van der Waals surface area contributed by atoms with Gasteiger partial charge in [0, 0.05) is 16.3 Å². The molecular weight excluding hydrogens is 557 g/mol. The lowest BCUT2D eigenvalue weighted by Gasteiger charge is -2.13. The van der Waals surface area contributed by atoms with Crippen molar-refractivity contribution in [2.75, 3.05) is 32.2 Å². The Bertz CT molecular complexity index is 1410. The highest BCUT2D eigenvalue weighted by Gasteiger charge is 2.15. The zero-order valence-corrected chi connectivity index (χ0v) is 23.8. The van der Waals surface area contributed by atoms with Crippen LogP contribution < -0.4 is 29.7 Å². The van der Waals surface area contributed by atoms with Gasteiger partial charge in [-0.05, 0) is 67.4 Å². The molecule has 0 aliphatic heterocycles. The number of nitrogens with zero attached hydrogens (tertiary/aromatic N) is 1. The molecule has 0 spiro atoms. The summed E-state index contributed by atoms with van der Waals surface area (Å²) in [6, 6.07) is 13.2. The molecule has 0 fully saturated rings. The molecule has 40 heavy (non-hydrogen) atoms. The Morgan fingerprint density at radius 2 is 1.77 bits per heavy atom. The molecule has 0 saturated carbocycles. The fraction of sp³-hybridized carbons (Fsp3) is 0.207. The number of carbonyl (C=O) groups excluding carboxylic acids is 2. The summed E-state index contributed by atoms with van der Waals surface area (Å²) >= 11 is 12.5. The summed E-state index contributed by atoms with van der Waals surface area (Å²) in [5.41, 5.74) is 4.76. The average molecular weight is 586 g/mol. The van der Waals surface area contributed by atoms with Gasteiger partial charge in [-0.3, -0.25) is 9.59 Å². The quantitative estimate of drug-likeness (QED) is 0.143. The Morgan fingerprint density at radius 1 is 0.975 bits per heavy atom. The van der Waals surface area contributed by atoms with Crippen LogP contribution >= 0.6 is 23.2 Å². The Morgan fingerprint density at radius 3 is 2.48 bits per heavy atom. The molecular formula is C29H29Cl2N3O6. The number of anilines is 1. The van der Waals surface area contributed by atoms with E-state index >= 15 is 0 Å². The summed E-state index contributed by atoms with van der Waals surface area (Å²) in [4.78, 5) is 25.0. The first-order valence-corrected chi connectivity index (χ1v) is 12.9. The van der Waals surface area contributed by atoms with Crippen molar-refractivity contribution in [2.24, 2.45) is 5.10 Å². The second-order valence-corrected chi connectivity index (χ2v) is 9.04. The summed E-state index contributed by atoms with van der Waals surface area (Å²) in [5.74, 6) is 0.547. The Labute approximate surface area is 242 Å². The molecule has 0 heterocycles. The molecule has 9 nitrogen and oxygen atoms in total. The van der Waals surface area contributed by atoms with E-state index in [4.69, 9.17) is 42.1 Å². The van der Waals surface area contributed by atoms with Gasteiger partial charge < -0.3 is 24.3 Å². The highest BCUT2D eigenvalue weighted by Crippen LogP contribution is 2.36. The Kier molecular flexibility index (Phi) is 11.2. The Hall–Kier alpha value is -4.21. The molecule has 3 aromatic carbocycles. The van der Waals surface area contributed by atoms with Crippen molar-refractivity contribution in [3.63, 3.8) is 0 Å². The maximum atomic E-state index is 12.6. The molecule has 0 atom stereocenters. The SMILES string of the molecule is C=CCOc1ccc(C(=O)N/N=C/c2cc(Cl)c(OCC(=O)Nc3ccc(C)c(Cl)c3)c(OC)c2)cc1OCC. The minimum Gasteiger partial charge on any atom is -0.493 e. The number of nitrogens with one attached hydrogen (secondary N) is 2. The largest absolute Gasteiger partial charge is 0.493 e. The van der Waals surface area contributed by atoms with Crippen molar-refractivity contribution in [3.8, 4) is 23.0 Å². The van der Waals surface area contributed by atoms with Crippen molar-refractivity contribution in [2.45, 2.75) is 13.8 Å². The number of carbonyl (C=O) groups is 2. The van der Waals surface area contributed by atoms with Gasteiger partial charge in [-0.15, -0.1) is 0 Å². The number of hydrazone groups is 1. The van der Waals surface area contributed by atoms with Gasteiger partial charge in [-0.1, -0.05) is 41.9 Å². The summed E-state index contributed by atoms with van der Waals surface area (Å²) in [6.45, 7) is 7.72. The molecule has 0 unspecified atom stereocenters. The number of halogens is 2.